The monoisotopic (exact) mass is 220 g/mol. The van der Waals surface area contributed by atoms with Crippen LogP contribution >= 0.6 is 0 Å². The van der Waals surface area contributed by atoms with Crippen LogP contribution in [-0.4, -0.2) is 13.4 Å². The van der Waals surface area contributed by atoms with E-state index in [0.717, 1.165) is 13.0 Å². The first kappa shape index (κ1) is 11.6. The van der Waals surface area contributed by atoms with Crippen molar-refractivity contribution in [3.63, 3.8) is 0 Å². The molecule has 0 saturated carbocycles. The molecule has 16 heavy (non-hydrogen) atoms. The standard InChI is InChI=1S/C14H20O2/c1-14(2,3)12-6-4-11(5-7-12)13-8-9-15-10-16-13/h4-7,13H,8-10H2,1-3H3. The predicted octanol–water partition coefficient (Wildman–Crippen LogP) is 3.42. The lowest BCUT2D eigenvalue weighted by Gasteiger charge is -2.24. The highest BCUT2D eigenvalue weighted by Crippen LogP contribution is 2.27. The Morgan fingerprint density at radius 2 is 1.81 bits per heavy atom. The summed E-state index contributed by atoms with van der Waals surface area (Å²) in [4.78, 5) is 0. The maximum Gasteiger partial charge on any atom is 0.147 e. The Hall–Kier alpha value is -0.860. The van der Waals surface area contributed by atoms with E-state index in [0.29, 0.717) is 6.79 Å². The van der Waals surface area contributed by atoms with Crippen molar-refractivity contribution >= 4 is 0 Å². The summed E-state index contributed by atoms with van der Waals surface area (Å²) < 4.78 is 10.7. The van der Waals surface area contributed by atoms with Crippen molar-refractivity contribution in [2.75, 3.05) is 13.4 Å². The third-order valence-corrected chi connectivity index (χ3v) is 3.03. The molecule has 1 atom stereocenters. The fraction of sp³-hybridized carbons (Fsp3) is 0.571. The summed E-state index contributed by atoms with van der Waals surface area (Å²) in [7, 11) is 0. The molecular weight excluding hydrogens is 200 g/mol. The molecule has 0 amide bonds. The molecule has 0 N–H and O–H groups in total. The third-order valence-electron chi connectivity index (χ3n) is 3.03. The Morgan fingerprint density at radius 3 is 2.31 bits per heavy atom. The molecule has 1 heterocycles. The first-order chi connectivity index (χ1) is 7.57. The first-order valence-electron chi connectivity index (χ1n) is 5.87. The van der Waals surface area contributed by atoms with Crippen LogP contribution in [0.3, 0.4) is 0 Å². The van der Waals surface area contributed by atoms with Crippen LogP contribution in [-0.2, 0) is 14.9 Å². The Kier molecular flexibility index (Phi) is 3.31. The summed E-state index contributed by atoms with van der Waals surface area (Å²) in [5.41, 5.74) is 2.84. The molecule has 0 aliphatic carbocycles. The van der Waals surface area contributed by atoms with Gasteiger partial charge in [-0.2, -0.15) is 0 Å². The summed E-state index contributed by atoms with van der Waals surface area (Å²) in [5, 5.41) is 0. The van der Waals surface area contributed by atoms with Crippen LogP contribution in [0.15, 0.2) is 24.3 Å². The van der Waals surface area contributed by atoms with Crippen LogP contribution in [0.1, 0.15) is 44.4 Å². The summed E-state index contributed by atoms with van der Waals surface area (Å²) >= 11 is 0. The quantitative estimate of drug-likeness (QED) is 0.722. The van der Waals surface area contributed by atoms with E-state index in [1.807, 2.05) is 0 Å². The van der Waals surface area contributed by atoms with Gasteiger partial charge in [0.1, 0.15) is 6.79 Å². The molecule has 0 bridgehead atoms. The zero-order chi connectivity index (χ0) is 11.6. The van der Waals surface area contributed by atoms with Crippen LogP contribution in [0.2, 0.25) is 0 Å². The topological polar surface area (TPSA) is 18.5 Å². The second-order valence-electron chi connectivity index (χ2n) is 5.34. The average molecular weight is 220 g/mol. The molecule has 2 rings (SSSR count). The van der Waals surface area contributed by atoms with Crippen molar-refractivity contribution in [3.8, 4) is 0 Å². The average Bonchev–Trinajstić information content (AvgIpc) is 2.29. The van der Waals surface area contributed by atoms with E-state index >= 15 is 0 Å². The van der Waals surface area contributed by atoms with Crippen molar-refractivity contribution in [1.82, 2.24) is 0 Å². The van der Waals surface area contributed by atoms with Gasteiger partial charge in [0, 0.05) is 6.42 Å². The van der Waals surface area contributed by atoms with E-state index in [1.165, 1.54) is 11.1 Å². The summed E-state index contributed by atoms with van der Waals surface area (Å²) in [6.45, 7) is 7.91. The molecule has 1 aliphatic heterocycles. The Balaban J connectivity index is 2.12. The minimum absolute atomic E-state index is 0.211. The fourth-order valence-electron chi connectivity index (χ4n) is 1.92. The van der Waals surface area contributed by atoms with Crippen LogP contribution in [0.25, 0.3) is 0 Å². The van der Waals surface area contributed by atoms with Gasteiger partial charge >= 0.3 is 0 Å². The molecular formula is C14H20O2. The number of hydrogen-bond acceptors (Lipinski definition) is 2. The number of rotatable bonds is 1. The minimum atomic E-state index is 0.211. The summed E-state index contributed by atoms with van der Waals surface area (Å²) in [6, 6.07) is 8.76. The smallest absolute Gasteiger partial charge is 0.147 e. The van der Waals surface area contributed by atoms with Gasteiger partial charge in [0.15, 0.2) is 0 Å². The second kappa shape index (κ2) is 4.56. The van der Waals surface area contributed by atoms with Crippen molar-refractivity contribution in [2.45, 2.75) is 38.7 Å². The Bertz CT molecular complexity index is 329. The number of ether oxygens (including phenoxy) is 2. The van der Waals surface area contributed by atoms with Crippen LogP contribution in [0, 0.1) is 0 Å². The van der Waals surface area contributed by atoms with Gasteiger partial charge in [-0.1, -0.05) is 45.0 Å². The molecule has 1 fully saturated rings. The molecule has 0 spiro atoms. The van der Waals surface area contributed by atoms with Gasteiger partial charge in [-0.25, -0.2) is 0 Å². The summed E-state index contributed by atoms with van der Waals surface area (Å²) in [6.07, 6.45) is 1.16. The minimum Gasteiger partial charge on any atom is -0.355 e. The lowest BCUT2D eigenvalue weighted by molar-refractivity contribution is -0.140. The lowest BCUT2D eigenvalue weighted by atomic mass is 9.86. The number of benzene rings is 1. The van der Waals surface area contributed by atoms with Crippen LogP contribution < -0.4 is 0 Å². The van der Waals surface area contributed by atoms with Gasteiger partial charge in [-0.15, -0.1) is 0 Å². The normalized spacial score (nSPS) is 22.1. The van der Waals surface area contributed by atoms with E-state index in [2.05, 4.69) is 45.0 Å². The second-order valence-corrected chi connectivity index (χ2v) is 5.34. The van der Waals surface area contributed by atoms with Gasteiger partial charge in [-0.3, -0.25) is 0 Å². The highest BCUT2D eigenvalue weighted by Gasteiger charge is 2.18. The Labute approximate surface area is 97.6 Å². The SMILES string of the molecule is CC(C)(C)c1ccc(C2CCOCO2)cc1. The lowest BCUT2D eigenvalue weighted by Crippen LogP contribution is -2.17. The van der Waals surface area contributed by atoms with Gasteiger partial charge in [0.2, 0.25) is 0 Å². The molecule has 2 heteroatoms. The predicted molar refractivity (Wildman–Crippen MR) is 64.4 cm³/mol. The van der Waals surface area contributed by atoms with Gasteiger partial charge in [-0.05, 0) is 16.5 Å². The first-order valence-corrected chi connectivity index (χ1v) is 5.87. The maximum atomic E-state index is 5.57. The molecule has 1 saturated heterocycles. The molecule has 2 nitrogen and oxygen atoms in total. The van der Waals surface area contributed by atoms with Gasteiger partial charge in [0.25, 0.3) is 0 Å². The zero-order valence-corrected chi connectivity index (χ0v) is 10.3. The van der Waals surface area contributed by atoms with E-state index in [4.69, 9.17) is 9.47 Å². The van der Waals surface area contributed by atoms with Gasteiger partial charge < -0.3 is 9.47 Å². The van der Waals surface area contributed by atoms with E-state index in [-0.39, 0.29) is 11.5 Å². The highest BCUT2D eigenvalue weighted by molar-refractivity contribution is 5.28. The van der Waals surface area contributed by atoms with Crippen LogP contribution in [0.5, 0.6) is 0 Å². The molecule has 1 aromatic rings. The Morgan fingerprint density at radius 1 is 1.12 bits per heavy atom. The van der Waals surface area contributed by atoms with Crippen LogP contribution in [0.4, 0.5) is 0 Å². The molecule has 0 radical (unpaired) electrons. The molecule has 1 aliphatic rings. The largest absolute Gasteiger partial charge is 0.355 e. The third kappa shape index (κ3) is 2.63. The maximum absolute atomic E-state index is 5.57. The highest BCUT2D eigenvalue weighted by atomic mass is 16.7. The number of hydrogen-bond donors (Lipinski definition) is 0. The van der Waals surface area contributed by atoms with Crippen molar-refractivity contribution in [2.24, 2.45) is 0 Å². The zero-order valence-electron chi connectivity index (χ0n) is 10.3. The summed E-state index contributed by atoms with van der Waals surface area (Å²) in [5.74, 6) is 0. The van der Waals surface area contributed by atoms with E-state index < -0.39 is 0 Å². The van der Waals surface area contributed by atoms with Crippen molar-refractivity contribution in [1.29, 1.82) is 0 Å². The van der Waals surface area contributed by atoms with E-state index in [1.54, 1.807) is 0 Å². The molecule has 1 aromatic carbocycles. The van der Waals surface area contributed by atoms with Crippen molar-refractivity contribution in [3.05, 3.63) is 35.4 Å². The van der Waals surface area contributed by atoms with Crippen molar-refractivity contribution < 1.29 is 9.47 Å². The van der Waals surface area contributed by atoms with E-state index in [9.17, 15) is 0 Å². The molecule has 88 valence electrons. The fourth-order valence-corrected chi connectivity index (χ4v) is 1.92. The molecule has 1 unspecified atom stereocenters. The van der Waals surface area contributed by atoms with Gasteiger partial charge in [0.05, 0.1) is 12.7 Å². The molecule has 0 aromatic heterocycles.